The Hall–Kier alpha value is -1.86. The van der Waals surface area contributed by atoms with E-state index in [1.807, 2.05) is 31.2 Å². The number of hydrogen-bond donors (Lipinski definition) is 2. The fraction of sp³-hybridized carbons (Fsp3) is 0.286. The van der Waals surface area contributed by atoms with Crippen LogP contribution in [-0.4, -0.2) is 23.3 Å². The fourth-order valence-electron chi connectivity index (χ4n) is 1.98. The van der Waals surface area contributed by atoms with Gasteiger partial charge in [0.25, 0.3) is 0 Å². The van der Waals surface area contributed by atoms with Gasteiger partial charge in [-0.15, -0.1) is 0 Å². The predicted molar refractivity (Wildman–Crippen MR) is 84.8 cm³/mol. The first-order chi connectivity index (χ1) is 10.1. The van der Waals surface area contributed by atoms with Gasteiger partial charge in [-0.25, -0.2) is 20.2 Å². The van der Waals surface area contributed by atoms with Crippen LogP contribution >= 0.6 is 11.8 Å². The second kappa shape index (κ2) is 6.73. The highest BCUT2D eigenvalue weighted by molar-refractivity contribution is 7.98. The van der Waals surface area contributed by atoms with E-state index in [1.54, 1.807) is 18.2 Å². The number of hydrazine groups is 1. The normalized spacial score (nSPS) is 12.0. The van der Waals surface area contributed by atoms with Crippen molar-refractivity contribution in [1.29, 1.82) is 0 Å². The van der Waals surface area contributed by atoms with Crippen molar-refractivity contribution in [3.05, 3.63) is 41.7 Å². The van der Waals surface area contributed by atoms with Crippen LogP contribution in [-0.2, 0) is 0 Å². The monoisotopic (exact) mass is 307 g/mol. The number of hydrogen-bond acceptors (Lipinski definition) is 6. The molecule has 7 heteroatoms. The number of rotatable bonds is 5. The summed E-state index contributed by atoms with van der Waals surface area (Å²) >= 11 is 1.42. The molecule has 1 unspecified atom stereocenters. The molecule has 1 aromatic carbocycles. The Morgan fingerprint density at radius 1 is 1.33 bits per heavy atom. The molecule has 0 fully saturated rings. The van der Waals surface area contributed by atoms with Crippen LogP contribution in [0.1, 0.15) is 18.5 Å². The average Bonchev–Trinajstić information content (AvgIpc) is 2.53. The lowest BCUT2D eigenvalue weighted by molar-refractivity contribution is 0.583. The summed E-state index contributed by atoms with van der Waals surface area (Å²) in [7, 11) is 1.86. The molecule has 2 aromatic rings. The molecule has 0 saturated heterocycles. The lowest BCUT2D eigenvalue weighted by atomic mass is 10.1. The van der Waals surface area contributed by atoms with Crippen LogP contribution in [0, 0.1) is 5.82 Å². The summed E-state index contributed by atoms with van der Waals surface area (Å²) in [4.78, 5) is 10.5. The quantitative estimate of drug-likeness (QED) is 0.383. The number of thioether (sulfide) groups is 1. The van der Waals surface area contributed by atoms with Crippen molar-refractivity contribution in [3.8, 4) is 0 Å². The predicted octanol–water partition coefficient (Wildman–Crippen LogP) is 2.82. The molecule has 0 radical (unpaired) electrons. The van der Waals surface area contributed by atoms with E-state index in [0.29, 0.717) is 22.4 Å². The van der Waals surface area contributed by atoms with E-state index in [-0.39, 0.29) is 11.9 Å². The summed E-state index contributed by atoms with van der Waals surface area (Å²) in [5.74, 6) is 6.40. The van der Waals surface area contributed by atoms with Crippen LogP contribution in [0.2, 0.25) is 0 Å². The smallest absolute Gasteiger partial charge is 0.191 e. The van der Waals surface area contributed by atoms with E-state index in [1.165, 1.54) is 17.8 Å². The van der Waals surface area contributed by atoms with Gasteiger partial charge < -0.3 is 10.3 Å². The second-order valence-corrected chi connectivity index (χ2v) is 5.32. The van der Waals surface area contributed by atoms with Crippen LogP contribution in [0.5, 0.6) is 0 Å². The lowest BCUT2D eigenvalue weighted by Gasteiger charge is -2.27. The van der Waals surface area contributed by atoms with Crippen molar-refractivity contribution in [2.24, 2.45) is 5.84 Å². The highest BCUT2D eigenvalue weighted by Gasteiger charge is 2.18. The number of nitrogens with one attached hydrogen (secondary N) is 1. The maximum atomic E-state index is 13.9. The average molecular weight is 307 g/mol. The third-order valence-electron chi connectivity index (χ3n) is 3.32. The number of benzene rings is 1. The molecule has 1 aromatic heterocycles. The van der Waals surface area contributed by atoms with E-state index >= 15 is 0 Å². The molecule has 0 aliphatic rings. The van der Waals surface area contributed by atoms with Crippen molar-refractivity contribution in [2.45, 2.75) is 18.1 Å². The second-order valence-electron chi connectivity index (χ2n) is 4.55. The van der Waals surface area contributed by atoms with Gasteiger partial charge in [0, 0.05) is 18.7 Å². The number of anilines is 2. The Balaban J connectivity index is 2.35. The van der Waals surface area contributed by atoms with Crippen LogP contribution in [0.4, 0.5) is 16.0 Å². The van der Waals surface area contributed by atoms with Crippen LogP contribution < -0.4 is 16.2 Å². The van der Waals surface area contributed by atoms with Crippen LogP contribution in [0.25, 0.3) is 0 Å². The molecule has 112 valence electrons. The van der Waals surface area contributed by atoms with E-state index in [2.05, 4.69) is 15.4 Å². The Labute approximate surface area is 127 Å². The zero-order valence-electron chi connectivity index (χ0n) is 12.2. The highest BCUT2D eigenvalue weighted by Crippen LogP contribution is 2.27. The minimum atomic E-state index is -0.229. The highest BCUT2D eigenvalue weighted by atomic mass is 32.2. The van der Waals surface area contributed by atoms with Crippen molar-refractivity contribution in [3.63, 3.8) is 0 Å². The molecule has 21 heavy (non-hydrogen) atoms. The lowest BCUT2D eigenvalue weighted by Crippen LogP contribution is -2.24. The van der Waals surface area contributed by atoms with Gasteiger partial charge in [-0.05, 0) is 19.2 Å². The molecule has 1 heterocycles. The Morgan fingerprint density at radius 2 is 2.05 bits per heavy atom. The van der Waals surface area contributed by atoms with Crippen molar-refractivity contribution >= 4 is 23.4 Å². The summed E-state index contributed by atoms with van der Waals surface area (Å²) in [6.07, 6.45) is 1.89. The largest absolute Gasteiger partial charge is 0.353 e. The molecule has 1 atom stereocenters. The molecule has 2 rings (SSSR count). The molecule has 0 bridgehead atoms. The van der Waals surface area contributed by atoms with Gasteiger partial charge in [-0.3, -0.25) is 0 Å². The van der Waals surface area contributed by atoms with Gasteiger partial charge in [0.05, 0.1) is 6.04 Å². The number of aromatic nitrogens is 2. The van der Waals surface area contributed by atoms with Gasteiger partial charge >= 0.3 is 0 Å². The Kier molecular flexibility index (Phi) is 4.98. The van der Waals surface area contributed by atoms with E-state index in [4.69, 9.17) is 5.84 Å². The Morgan fingerprint density at radius 3 is 2.67 bits per heavy atom. The van der Waals surface area contributed by atoms with Crippen molar-refractivity contribution in [1.82, 2.24) is 9.97 Å². The number of nitrogen functional groups attached to an aromatic ring is 1. The molecule has 0 aliphatic carbocycles. The van der Waals surface area contributed by atoms with Gasteiger partial charge in [0.15, 0.2) is 5.16 Å². The molecule has 0 aliphatic heterocycles. The standard InChI is InChI=1S/C14H18FN5S/c1-9(10-6-4-5-7-11(10)15)20(2)13-8-12(19-16)17-14(18-13)21-3/h4-9H,16H2,1-3H3,(H,17,18,19). The summed E-state index contributed by atoms with van der Waals surface area (Å²) in [5.41, 5.74) is 3.14. The molecule has 5 nitrogen and oxygen atoms in total. The maximum Gasteiger partial charge on any atom is 0.191 e. The van der Waals surface area contributed by atoms with E-state index < -0.39 is 0 Å². The van der Waals surface area contributed by atoms with Crippen LogP contribution in [0.3, 0.4) is 0 Å². The minimum absolute atomic E-state index is 0.165. The van der Waals surface area contributed by atoms with E-state index in [9.17, 15) is 4.39 Å². The van der Waals surface area contributed by atoms with Gasteiger partial charge in [-0.2, -0.15) is 0 Å². The third-order valence-corrected chi connectivity index (χ3v) is 3.87. The summed E-state index contributed by atoms with van der Waals surface area (Å²) in [5, 5.41) is 0.605. The fourth-order valence-corrected chi connectivity index (χ4v) is 2.35. The first-order valence-electron chi connectivity index (χ1n) is 6.43. The zero-order chi connectivity index (χ0) is 15.4. The topological polar surface area (TPSA) is 67.1 Å². The SMILES string of the molecule is CSc1nc(NN)cc(N(C)C(C)c2ccccc2F)n1. The van der Waals surface area contributed by atoms with E-state index in [0.717, 1.165) is 0 Å². The summed E-state index contributed by atoms with van der Waals surface area (Å²) < 4.78 is 13.9. The molecule has 0 saturated carbocycles. The Bertz CT molecular complexity index is 600. The number of nitrogens with zero attached hydrogens (tertiary/aromatic N) is 3. The number of halogens is 1. The molecule has 3 N–H and O–H groups in total. The molecule has 0 spiro atoms. The van der Waals surface area contributed by atoms with Gasteiger partial charge in [0.2, 0.25) is 0 Å². The maximum absolute atomic E-state index is 13.9. The van der Waals surface area contributed by atoms with Crippen LogP contribution in [0.15, 0.2) is 35.5 Å². The van der Waals surface area contributed by atoms with Gasteiger partial charge in [-0.1, -0.05) is 30.0 Å². The van der Waals surface area contributed by atoms with Gasteiger partial charge in [0.1, 0.15) is 17.5 Å². The number of nitrogens with two attached hydrogens (primary N) is 1. The first-order valence-corrected chi connectivity index (χ1v) is 7.66. The minimum Gasteiger partial charge on any atom is -0.353 e. The molecule has 0 amide bonds. The zero-order valence-corrected chi connectivity index (χ0v) is 13.0. The first kappa shape index (κ1) is 15.5. The summed E-state index contributed by atoms with van der Waals surface area (Å²) in [6, 6.07) is 8.30. The summed E-state index contributed by atoms with van der Waals surface area (Å²) in [6.45, 7) is 1.93. The van der Waals surface area contributed by atoms with Crippen molar-refractivity contribution < 1.29 is 4.39 Å². The molecular weight excluding hydrogens is 289 g/mol. The third kappa shape index (κ3) is 3.43. The molecular formula is C14H18FN5S. The van der Waals surface area contributed by atoms with Crippen molar-refractivity contribution in [2.75, 3.05) is 23.6 Å².